The van der Waals surface area contributed by atoms with Crippen molar-refractivity contribution in [2.24, 2.45) is 5.92 Å². The molecule has 2 atom stereocenters. The zero-order valence-electron chi connectivity index (χ0n) is 15.7. The van der Waals surface area contributed by atoms with Crippen molar-refractivity contribution >= 4 is 22.7 Å². The van der Waals surface area contributed by atoms with Crippen molar-refractivity contribution in [3.63, 3.8) is 0 Å². The predicted molar refractivity (Wildman–Crippen MR) is 106 cm³/mol. The number of rotatable bonds is 6. The van der Waals surface area contributed by atoms with Crippen LogP contribution in [0.4, 0.5) is 4.39 Å². The minimum Gasteiger partial charge on any atom is -0.493 e. The van der Waals surface area contributed by atoms with Crippen LogP contribution in [0.3, 0.4) is 0 Å². The van der Waals surface area contributed by atoms with Gasteiger partial charge in [-0.05, 0) is 25.7 Å². The van der Waals surface area contributed by atoms with Gasteiger partial charge in [-0.2, -0.15) is 11.8 Å². The number of H-pyrrole nitrogens is 1. The summed E-state index contributed by atoms with van der Waals surface area (Å²) in [6, 6.07) is 2.83. The average Bonchev–Trinajstić information content (AvgIpc) is 3.10. The Kier molecular flexibility index (Phi) is 6.18. The van der Waals surface area contributed by atoms with E-state index in [4.69, 9.17) is 9.47 Å². The van der Waals surface area contributed by atoms with E-state index in [1.807, 2.05) is 0 Å². The Balaban J connectivity index is 1.50. The molecular formula is C20H25FN2O4S. The van der Waals surface area contributed by atoms with Crippen LogP contribution in [0.1, 0.15) is 37.9 Å². The molecule has 0 bridgehead atoms. The van der Waals surface area contributed by atoms with Crippen LogP contribution < -0.4 is 10.3 Å². The Morgan fingerprint density at radius 2 is 2.11 bits per heavy atom. The third-order valence-electron chi connectivity index (χ3n) is 5.49. The van der Waals surface area contributed by atoms with Crippen LogP contribution in [-0.2, 0) is 10.5 Å². The van der Waals surface area contributed by atoms with E-state index in [1.165, 1.54) is 6.07 Å². The molecule has 0 spiro atoms. The fourth-order valence-corrected chi connectivity index (χ4v) is 4.91. The molecule has 0 radical (unpaired) electrons. The van der Waals surface area contributed by atoms with Gasteiger partial charge < -0.3 is 19.6 Å². The molecule has 1 saturated heterocycles. The third kappa shape index (κ3) is 4.50. The van der Waals surface area contributed by atoms with Gasteiger partial charge in [0.1, 0.15) is 22.8 Å². The first kappa shape index (κ1) is 19.7. The molecule has 1 aromatic heterocycles. The first-order chi connectivity index (χ1) is 13.6. The van der Waals surface area contributed by atoms with Gasteiger partial charge in [-0.25, -0.2) is 9.37 Å². The van der Waals surface area contributed by atoms with Crippen molar-refractivity contribution in [2.45, 2.75) is 49.2 Å². The molecule has 2 fully saturated rings. The Morgan fingerprint density at radius 3 is 2.86 bits per heavy atom. The van der Waals surface area contributed by atoms with E-state index in [-0.39, 0.29) is 17.4 Å². The summed E-state index contributed by atoms with van der Waals surface area (Å²) in [5, 5.41) is 10.3. The number of aromatic nitrogens is 2. The number of halogens is 1. The van der Waals surface area contributed by atoms with E-state index in [9.17, 15) is 14.3 Å². The van der Waals surface area contributed by atoms with Gasteiger partial charge >= 0.3 is 0 Å². The standard InChI is InChI=1S/C20H25FN2O4S/c21-15-8-13(27-10-12-2-1-3-17(12)24)9-16-19(15)20(25)23-18(22-16)11-28-14-4-6-26-7-5-14/h8-9,12,14,17,24H,1-7,10-11H2,(H,22,23,25)/t12-,17-/m1/s1. The lowest BCUT2D eigenvalue weighted by Gasteiger charge is -2.21. The Hall–Kier alpha value is -1.64. The Morgan fingerprint density at radius 1 is 1.29 bits per heavy atom. The molecule has 0 amide bonds. The zero-order valence-corrected chi connectivity index (χ0v) is 16.5. The van der Waals surface area contributed by atoms with E-state index < -0.39 is 11.4 Å². The summed E-state index contributed by atoms with van der Waals surface area (Å²) in [6.45, 7) is 1.86. The highest BCUT2D eigenvalue weighted by atomic mass is 32.2. The lowest BCUT2D eigenvalue weighted by Crippen LogP contribution is -2.20. The second kappa shape index (κ2) is 8.80. The summed E-state index contributed by atoms with van der Waals surface area (Å²) >= 11 is 1.74. The molecule has 2 heterocycles. The second-order valence-corrected chi connectivity index (χ2v) is 8.79. The third-order valence-corrected chi connectivity index (χ3v) is 6.87. The summed E-state index contributed by atoms with van der Waals surface area (Å²) in [6.07, 6.45) is 4.28. The van der Waals surface area contributed by atoms with Gasteiger partial charge in [0, 0.05) is 36.5 Å². The highest BCUT2D eigenvalue weighted by molar-refractivity contribution is 7.99. The molecule has 1 aliphatic carbocycles. The van der Waals surface area contributed by atoms with Crippen LogP contribution in [0.15, 0.2) is 16.9 Å². The van der Waals surface area contributed by atoms with E-state index in [0.29, 0.717) is 34.7 Å². The van der Waals surface area contributed by atoms with E-state index in [2.05, 4.69) is 9.97 Å². The van der Waals surface area contributed by atoms with Gasteiger partial charge in [0.05, 0.1) is 24.0 Å². The molecule has 4 rings (SSSR count). The minimum absolute atomic E-state index is 0.0481. The lowest BCUT2D eigenvalue weighted by atomic mass is 10.1. The molecular weight excluding hydrogens is 383 g/mol. The van der Waals surface area contributed by atoms with Crippen LogP contribution in [0, 0.1) is 11.7 Å². The number of aliphatic hydroxyl groups is 1. The zero-order chi connectivity index (χ0) is 19.5. The second-order valence-electron chi connectivity index (χ2n) is 7.50. The van der Waals surface area contributed by atoms with Gasteiger partial charge in [-0.15, -0.1) is 0 Å². The van der Waals surface area contributed by atoms with E-state index in [0.717, 1.165) is 45.3 Å². The first-order valence-electron chi connectivity index (χ1n) is 9.83. The highest BCUT2D eigenvalue weighted by Crippen LogP contribution is 2.28. The Labute approximate surface area is 166 Å². The number of ether oxygens (including phenoxy) is 2. The molecule has 6 nitrogen and oxygen atoms in total. The fraction of sp³-hybridized carbons (Fsp3) is 0.600. The molecule has 0 unspecified atom stereocenters. The molecule has 8 heteroatoms. The largest absolute Gasteiger partial charge is 0.493 e. The topological polar surface area (TPSA) is 84.4 Å². The number of hydrogen-bond donors (Lipinski definition) is 2. The van der Waals surface area contributed by atoms with Gasteiger partial charge in [0.2, 0.25) is 0 Å². The predicted octanol–water partition coefficient (Wildman–Crippen LogP) is 3.01. The average molecular weight is 408 g/mol. The summed E-state index contributed by atoms with van der Waals surface area (Å²) in [5.41, 5.74) is -0.170. The van der Waals surface area contributed by atoms with Crippen LogP contribution in [0.5, 0.6) is 5.75 Å². The normalized spacial score (nSPS) is 23.4. The van der Waals surface area contributed by atoms with Crippen molar-refractivity contribution in [3.05, 3.63) is 34.1 Å². The molecule has 1 saturated carbocycles. The van der Waals surface area contributed by atoms with Crippen LogP contribution in [0.2, 0.25) is 0 Å². The van der Waals surface area contributed by atoms with E-state index in [1.54, 1.807) is 17.8 Å². The number of nitrogens with zero attached hydrogens (tertiary/aromatic N) is 1. The fourth-order valence-electron chi connectivity index (χ4n) is 3.85. The molecule has 2 aliphatic rings. The number of benzene rings is 1. The van der Waals surface area contributed by atoms with Crippen LogP contribution in [0.25, 0.3) is 10.9 Å². The van der Waals surface area contributed by atoms with E-state index >= 15 is 0 Å². The summed E-state index contributed by atoms with van der Waals surface area (Å²) in [4.78, 5) is 19.5. The van der Waals surface area contributed by atoms with Crippen molar-refractivity contribution in [3.8, 4) is 5.75 Å². The molecule has 2 N–H and O–H groups in total. The monoisotopic (exact) mass is 408 g/mol. The quantitative estimate of drug-likeness (QED) is 0.764. The highest BCUT2D eigenvalue weighted by Gasteiger charge is 2.26. The van der Waals surface area contributed by atoms with Crippen molar-refractivity contribution in [1.29, 1.82) is 0 Å². The maximum atomic E-state index is 14.5. The lowest BCUT2D eigenvalue weighted by molar-refractivity contribution is 0.0985. The number of fused-ring (bicyclic) bond motifs is 1. The van der Waals surface area contributed by atoms with Gasteiger partial charge in [0.15, 0.2) is 0 Å². The molecule has 1 aliphatic heterocycles. The van der Waals surface area contributed by atoms with Crippen molar-refractivity contribution in [1.82, 2.24) is 9.97 Å². The summed E-state index contributed by atoms with van der Waals surface area (Å²) < 4.78 is 25.6. The van der Waals surface area contributed by atoms with Crippen LogP contribution >= 0.6 is 11.8 Å². The van der Waals surface area contributed by atoms with Gasteiger partial charge in [-0.1, -0.05) is 6.42 Å². The number of hydrogen-bond acceptors (Lipinski definition) is 6. The smallest absolute Gasteiger partial charge is 0.261 e. The van der Waals surface area contributed by atoms with Crippen molar-refractivity contribution < 1.29 is 19.0 Å². The maximum absolute atomic E-state index is 14.5. The summed E-state index contributed by atoms with van der Waals surface area (Å²) in [7, 11) is 0. The summed E-state index contributed by atoms with van der Waals surface area (Å²) in [5.74, 6) is 0.868. The molecule has 2 aromatic rings. The SMILES string of the molecule is O=c1[nH]c(CSC2CCOCC2)nc2cc(OC[C@H]3CCC[C@H]3O)cc(F)c12. The number of nitrogens with one attached hydrogen (secondary N) is 1. The molecule has 1 aromatic carbocycles. The Bertz CT molecular complexity index is 884. The maximum Gasteiger partial charge on any atom is 0.261 e. The van der Waals surface area contributed by atoms with Gasteiger partial charge in [-0.3, -0.25) is 4.79 Å². The van der Waals surface area contributed by atoms with Gasteiger partial charge in [0.25, 0.3) is 5.56 Å². The number of thioether (sulfide) groups is 1. The number of aromatic amines is 1. The minimum atomic E-state index is -0.642. The van der Waals surface area contributed by atoms with Crippen LogP contribution in [-0.4, -0.2) is 46.2 Å². The number of aliphatic hydroxyl groups excluding tert-OH is 1. The molecule has 28 heavy (non-hydrogen) atoms. The molecule has 152 valence electrons. The first-order valence-corrected chi connectivity index (χ1v) is 10.9. The van der Waals surface area contributed by atoms with Crippen molar-refractivity contribution in [2.75, 3.05) is 19.8 Å².